The second-order valence-electron chi connectivity index (χ2n) is 8.19. The highest BCUT2D eigenvalue weighted by Gasteiger charge is 2.31. The minimum Gasteiger partial charge on any atom is -0.406 e. The predicted molar refractivity (Wildman–Crippen MR) is 136 cm³/mol. The average Bonchev–Trinajstić information content (AvgIpc) is 3.34. The summed E-state index contributed by atoms with van der Waals surface area (Å²) in [5, 5.41) is 5.63. The average molecular weight is 516 g/mol. The number of benzene rings is 3. The van der Waals surface area contributed by atoms with Gasteiger partial charge < -0.3 is 15.4 Å². The van der Waals surface area contributed by atoms with Gasteiger partial charge in [-0.25, -0.2) is 4.98 Å². The molecule has 2 aromatic heterocycles. The highest BCUT2D eigenvalue weighted by Crippen LogP contribution is 2.27. The van der Waals surface area contributed by atoms with Crippen molar-refractivity contribution in [2.24, 2.45) is 0 Å². The molecule has 0 aliphatic heterocycles. The van der Waals surface area contributed by atoms with Crippen LogP contribution in [0.15, 0.2) is 103 Å². The fourth-order valence-electron chi connectivity index (χ4n) is 3.87. The van der Waals surface area contributed by atoms with E-state index in [0.29, 0.717) is 22.6 Å². The van der Waals surface area contributed by atoms with Crippen LogP contribution in [0.25, 0.3) is 16.9 Å². The third kappa shape index (κ3) is 5.49. The number of halogens is 3. The molecule has 7 nitrogen and oxygen atoms in total. The Bertz CT molecular complexity index is 1610. The number of pyridine rings is 1. The molecule has 0 aliphatic rings. The van der Waals surface area contributed by atoms with Crippen LogP contribution in [0.5, 0.6) is 5.75 Å². The second kappa shape index (κ2) is 10.1. The van der Waals surface area contributed by atoms with Crippen molar-refractivity contribution >= 4 is 28.8 Å². The molecule has 10 heteroatoms. The first-order valence-electron chi connectivity index (χ1n) is 11.4. The van der Waals surface area contributed by atoms with Gasteiger partial charge >= 0.3 is 6.36 Å². The first-order valence-corrected chi connectivity index (χ1v) is 11.4. The normalized spacial score (nSPS) is 11.2. The lowest BCUT2D eigenvalue weighted by atomic mass is 10.1. The monoisotopic (exact) mass is 516 g/mol. The van der Waals surface area contributed by atoms with Gasteiger partial charge in [-0.05, 0) is 60.7 Å². The van der Waals surface area contributed by atoms with Crippen molar-refractivity contribution in [2.75, 3.05) is 10.6 Å². The number of nitrogens with zero attached hydrogens (tertiary/aromatic N) is 2. The van der Waals surface area contributed by atoms with Gasteiger partial charge in [0.05, 0.1) is 17.6 Å². The van der Waals surface area contributed by atoms with Gasteiger partial charge in [0.1, 0.15) is 5.75 Å². The van der Waals surface area contributed by atoms with Crippen molar-refractivity contribution in [3.8, 4) is 17.0 Å². The van der Waals surface area contributed by atoms with Gasteiger partial charge in [0.2, 0.25) is 0 Å². The van der Waals surface area contributed by atoms with E-state index in [9.17, 15) is 22.8 Å². The molecule has 0 spiro atoms. The van der Waals surface area contributed by atoms with Crippen molar-refractivity contribution < 1.29 is 27.5 Å². The lowest BCUT2D eigenvalue weighted by Gasteiger charge is -2.10. The summed E-state index contributed by atoms with van der Waals surface area (Å²) in [5.41, 5.74) is 3.71. The summed E-state index contributed by atoms with van der Waals surface area (Å²) in [6, 6.07) is 24.1. The summed E-state index contributed by atoms with van der Waals surface area (Å²) in [5.74, 6) is -1.17. The van der Waals surface area contributed by atoms with Gasteiger partial charge in [-0.1, -0.05) is 30.3 Å². The summed E-state index contributed by atoms with van der Waals surface area (Å²) < 4.78 is 42.7. The van der Waals surface area contributed by atoms with Crippen LogP contribution >= 0.6 is 0 Å². The number of carbonyl (C=O) groups excluding carboxylic acids is 2. The number of hydrogen-bond acceptors (Lipinski definition) is 4. The number of hydrogen-bond donors (Lipinski definition) is 2. The molecule has 38 heavy (non-hydrogen) atoms. The number of fused-ring (bicyclic) bond motifs is 1. The molecule has 3 aromatic carbocycles. The van der Waals surface area contributed by atoms with Crippen LogP contribution in [-0.4, -0.2) is 27.6 Å². The Morgan fingerprint density at radius 3 is 2.24 bits per heavy atom. The molecule has 0 radical (unpaired) electrons. The number of nitrogens with one attached hydrogen (secondary N) is 2. The van der Waals surface area contributed by atoms with Crippen LogP contribution in [0.1, 0.15) is 20.7 Å². The van der Waals surface area contributed by atoms with Crippen molar-refractivity contribution in [1.82, 2.24) is 9.38 Å². The van der Waals surface area contributed by atoms with Gasteiger partial charge in [0, 0.05) is 28.6 Å². The number of amides is 2. The first-order chi connectivity index (χ1) is 18.3. The maximum atomic E-state index is 12.7. The van der Waals surface area contributed by atoms with E-state index in [4.69, 9.17) is 0 Å². The molecule has 2 amide bonds. The molecule has 0 bridgehead atoms. The molecule has 0 fully saturated rings. The van der Waals surface area contributed by atoms with Crippen LogP contribution in [0, 0.1) is 0 Å². The number of aromatic nitrogens is 2. The quantitative estimate of drug-likeness (QED) is 0.273. The van der Waals surface area contributed by atoms with Crippen molar-refractivity contribution in [1.29, 1.82) is 0 Å². The molecule has 5 rings (SSSR count). The molecule has 0 saturated carbocycles. The zero-order valence-corrected chi connectivity index (χ0v) is 19.6. The minimum absolute atomic E-state index is 0.165. The molecule has 0 unspecified atom stereocenters. The van der Waals surface area contributed by atoms with Crippen molar-refractivity contribution in [3.05, 3.63) is 115 Å². The lowest BCUT2D eigenvalue weighted by Crippen LogP contribution is -2.17. The number of imidazole rings is 1. The van der Waals surface area contributed by atoms with Gasteiger partial charge in [0.15, 0.2) is 5.65 Å². The van der Waals surface area contributed by atoms with Gasteiger partial charge in [-0.15, -0.1) is 13.2 Å². The van der Waals surface area contributed by atoms with Crippen LogP contribution < -0.4 is 15.4 Å². The van der Waals surface area contributed by atoms with Crippen LogP contribution in [0.3, 0.4) is 0 Å². The van der Waals surface area contributed by atoms with E-state index >= 15 is 0 Å². The third-order valence-electron chi connectivity index (χ3n) is 5.59. The van der Waals surface area contributed by atoms with Crippen LogP contribution in [-0.2, 0) is 0 Å². The Hall–Kier alpha value is -5.12. The fourth-order valence-corrected chi connectivity index (χ4v) is 3.87. The predicted octanol–water partition coefficient (Wildman–Crippen LogP) is 6.40. The highest BCUT2D eigenvalue weighted by atomic mass is 19.4. The fraction of sp³-hybridized carbons (Fsp3) is 0.0357. The molecule has 0 saturated heterocycles. The number of rotatable bonds is 6. The van der Waals surface area contributed by atoms with Gasteiger partial charge in [-0.3, -0.25) is 14.0 Å². The van der Waals surface area contributed by atoms with E-state index in [0.717, 1.165) is 23.4 Å². The van der Waals surface area contributed by atoms with Crippen molar-refractivity contribution in [2.45, 2.75) is 6.36 Å². The smallest absolute Gasteiger partial charge is 0.406 e. The Balaban J connectivity index is 1.35. The highest BCUT2D eigenvalue weighted by molar-refractivity contribution is 6.06. The SMILES string of the molecule is O=C(Nc1cccc(-c2cnc3c(NC(=O)c4ccccc4)cccn23)c1)c1ccc(OC(F)(F)F)cc1. The maximum Gasteiger partial charge on any atom is 0.573 e. The van der Waals surface area contributed by atoms with Crippen LogP contribution in [0.2, 0.25) is 0 Å². The third-order valence-corrected chi connectivity index (χ3v) is 5.59. The van der Waals surface area contributed by atoms with Gasteiger partial charge in [-0.2, -0.15) is 0 Å². The topological polar surface area (TPSA) is 84.7 Å². The zero-order valence-electron chi connectivity index (χ0n) is 19.6. The summed E-state index contributed by atoms with van der Waals surface area (Å²) in [6.45, 7) is 0. The molecule has 190 valence electrons. The number of anilines is 2. The zero-order chi connectivity index (χ0) is 26.7. The number of alkyl halides is 3. The van der Waals surface area contributed by atoms with E-state index in [2.05, 4.69) is 20.4 Å². The molecular formula is C28H19F3N4O3. The Labute approximate surface area is 214 Å². The second-order valence-corrected chi connectivity index (χ2v) is 8.19. The molecule has 5 aromatic rings. The van der Waals surface area contributed by atoms with E-state index in [-0.39, 0.29) is 11.5 Å². The first kappa shape index (κ1) is 24.6. The molecule has 2 heterocycles. The van der Waals surface area contributed by atoms with Crippen LogP contribution in [0.4, 0.5) is 24.5 Å². The van der Waals surface area contributed by atoms with Gasteiger partial charge in [0.25, 0.3) is 11.8 Å². The molecule has 2 N–H and O–H groups in total. The Morgan fingerprint density at radius 2 is 1.50 bits per heavy atom. The summed E-state index contributed by atoms with van der Waals surface area (Å²) in [7, 11) is 0. The largest absolute Gasteiger partial charge is 0.573 e. The summed E-state index contributed by atoms with van der Waals surface area (Å²) in [4.78, 5) is 29.8. The molecule has 0 aliphatic carbocycles. The molecular weight excluding hydrogens is 497 g/mol. The molecule has 0 atom stereocenters. The van der Waals surface area contributed by atoms with Crippen molar-refractivity contribution in [3.63, 3.8) is 0 Å². The van der Waals surface area contributed by atoms with E-state index in [1.54, 1.807) is 60.8 Å². The minimum atomic E-state index is -4.81. The standard InChI is InChI=1S/C28H19F3N4O3/c29-28(30,31)38-22-13-11-19(12-14-22)26(36)33-21-9-4-8-20(16-21)24-17-32-25-23(10-5-15-35(24)25)34-27(37)18-6-2-1-3-7-18/h1-17H,(H,33,36)(H,34,37). The summed E-state index contributed by atoms with van der Waals surface area (Å²) in [6.07, 6.45) is -1.34. The summed E-state index contributed by atoms with van der Waals surface area (Å²) >= 11 is 0. The van der Waals surface area contributed by atoms with E-state index in [1.165, 1.54) is 12.1 Å². The lowest BCUT2D eigenvalue weighted by molar-refractivity contribution is -0.274. The number of ether oxygens (including phenoxy) is 1. The number of carbonyl (C=O) groups is 2. The Kier molecular flexibility index (Phi) is 6.53. The maximum absolute atomic E-state index is 12.7. The van der Waals surface area contributed by atoms with E-state index in [1.807, 2.05) is 22.7 Å². The Morgan fingerprint density at radius 1 is 0.789 bits per heavy atom. The van der Waals surface area contributed by atoms with E-state index < -0.39 is 18.0 Å².